The summed E-state index contributed by atoms with van der Waals surface area (Å²) in [4.78, 5) is 13.3. The van der Waals surface area contributed by atoms with Gasteiger partial charge in [-0.2, -0.15) is 0 Å². The van der Waals surface area contributed by atoms with Crippen LogP contribution in [0.4, 0.5) is 0 Å². The smallest absolute Gasteiger partial charge is 0.223 e. The number of aliphatic hydroxyl groups is 1. The minimum Gasteiger partial charge on any atom is -0.393 e. The molecule has 5 nitrogen and oxygen atoms in total. The maximum absolute atomic E-state index is 11.7. The lowest BCUT2D eigenvalue weighted by Crippen LogP contribution is -2.45. The van der Waals surface area contributed by atoms with Crippen LogP contribution in [0.5, 0.6) is 0 Å². The van der Waals surface area contributed by atoms with E-state index in [2.05, 4.69) is 0 Å². The number of piperidine rings is 1. The van der Waals surface area contributed by atoms with Crippen LogP contribution in [0.15, 0.2) is 0 Å². The fourth-order valence-corrected chi connectivity index (χ4v) is 2.34. The topological polar surface area (TPSA) is 74.7 Å². The molecule has 0 aromatic heterocycles. The average Bonchev–Trinajstić information content (AvgIpc) is 2.17. The second-order valence-corrected chi connectivity index (χ2v) is 6.81. The summed E-state index contributed by atoms with van der Waals surface area (Å²) in [5.41, 5.74) is 0. The first kappa shape index (κ1) is 13.4. The minimum atomic E-state index is -3.08. The van der Waals surface area contributed by atoms with Crippen LogP contribution in [0.3, 0.4) is 0 Å². The molecule has 6 heteroatoms. The van der Waals surface area contributed by atoms with Gasteiger partial charge in [-0.1, -0.05) is 6.92 Å². The van der Waals surface area contributed by atoms with Crippen molar-refractivity contribution < 1.29 is 18.3 Å². The molecule has 0 bridgehead atoms. The van der Waals surface area contributed by atoms with Crippen molar-refractivity contribution in [2.45, 2.75) is 25.9 Å². The normalized spacial score (nSPS) is 26.8. The van der Waals surface area contributed by atoms with E-state index in [0.29, 0.717) is 19.5 Å². The lowest BCUT2D eigenvalue weighted by atomic mass is 9.96. The van der Waals surface area contributed by atoms with Gasteiger partial charge in [-0.15, -0.1) is 0 Å². The zero-order valence-corrected chi connectivity index (χ0v) is 10.5. The summed E-state index contributed by atoms with van der Waals surface area (Å²) in [5.74, 6) is -0.167. The molecule has 2 atom stereocenters. The highest BCUT2D eigenvalue weighted by molar-refractivity contribution is 7.90. The zero-order valence-electron chi connectivity index (χ0n) is 9.72. The fraction of sp³-hybridized carbons (Fsp3) is 0.900. The lowest BCUT2D eigenvalue weighted by molar-refractivity contribution is -0.134. The molecule has 1 aliphatic rings. The molecule has 2 unspecified atom stereocenters. The van der Waals surface area contributed by atoms with Crippen molar-refractivity contribution >= 4 is 15.7 Å². The van der Waals surface area contributed by atoms with E-state index in [1.54, 1.807) is 4.90 Å². The first-order valence-corrected chi connectivity index (χ1v) is 7.49. The minimum absolute atomic E-state index is 0.0433. The van der Waals surface area contributed by atoms with E-state index in [9.17, 15) is 18.3 Å². The van der Waals surface area contributed by atoms with E-state index in [-0.39, 0.29) is 30.1 Å². The Bertz CT molecular complexity index is 352. The molecule has 94 valence electrons. The number of carbonyl (C=O) groups excluding carboxylic acids is 1. The van der Waals surface area contributed by atoms with Gasteiger partial charge in [0.05, 0.1) is 11.9 Å². The standard InChI is InChI=1S/C10H19NO4S/c1-8-7-11(5-3-9(8)12)10(13)4-6-16(2,14)15/h8-9,12H,3-7H2,1-2H3. The van der Waals surface area contributed by atoms with Gasteiger partial charge < -0.3 is 10.0 Å². The Morgan fingerprint density at radius 2 is 2.12 bits per heavy atom. The molecule has 0 aromatic carbocycles. The fourth-order valence-electron chi connectivity index (χ4n) is 1.79. The maximum Gasteiger partial charge on any atom is 0.223 e. The summed E-state index contributed by atoms with van der Waals surface area (Å²) in [6, 6.07) is 0. The number of nitrogens with zero attached hydrogens (tertiary/aromatic N) is 1. The quantitative estimate of drug-likeness (QED) is 0.742. The SMILES string of the molecule is CC1CN(C(=O)CCS(C)(=O)=O)CCC1O. The number of aliphatic hydroxyl groups excluding tert-OH is 1. The monoisotopic (exact) mass is 249 g/mol. The molecule has 1 aliphatic heterocycles. The van der Waals surface area contributed by atoms with Crippen LogP contribution < -0.4 is 0 Å². The number of amides is 1. The van der Waals surface area contributed by atoms with Crippen LogP contribution >= 0.6 is 0 Å². The van der Waals surface area contributed by atoms with Crippen LogP contribution in [-0.2, 0) is 14.6 Å². The molecule has 0 aliphatic carbocycles. The summed E-state index contributed by atoms with van der Waals surface area (Å²) < 4.78 is 21.8. The van der Waals surface area contributed by atoms with Crippen molar-refractivity contribution in [2.75, 3.05) is 25.1 Å². The third-order valence-corrected chi connectivity index (χ3v) is 3.85. The molecule has 0 spiro atoms. The second kappa shape index (κ2) is 5.14. The van der Waals surface area contributed by atoms with Gasteiger partial charge in [0.1, 0.15) is 9.84 Å². The number of hydrogen-bond donors (Lipinski definition) is 1. The molecule has 1 saturated heterocycles. The van der Waals surface area contributed by atoms with Gasteiger partial charge in [0.15, 0.2) is 0 Å². The van der Waals surface area contributed by atoms with Gasteiger partial charge in [-0.05, 0) is 12.3 Å². The van der Waals surface area contributed by atoms with E-state index in [1.165, 1.54) is 0 Å². The molecule has 0 aromatic rings. The van der Waals surface area contributed by atoms with Crippen molar-refractivity contribution in [3.63, 3.8) is 0 Å². The Balaban J connectivity index is 2.44. The highest BCUT2D eigenvalue weighted by atomic mass is 32.2. The third kappa shape index (κ3) is 4.09. The van der Waals surface area contributed by atoms with Crippen LogP contribution in [0.1, 0.15) is 19.8 Å². The van der Waals surface area contributed by atoms with E-state index < -0.39 is 9.84 Å². The van der Waals surface area contributed by atoms with Crippen LogP contribution in [0.25, 0.3) is 0 Å². The molecule has 1 N–H and O–H groups in total. The summed E-state index contributed by atoms with van der Waals surface area (Å²) in [6.07, 6.45) is 1.40. The third-order valence-electron chi connectivity index (χ3n) is 2.90. The van der Waals surface area contributed by atoms with Crippen molar-refractivity contribution in [3.05, 3.63) is 0 Å². The van der Waals surface area contributed by atoms with Crippen molar-refractivity contribution in [1.82, 2.24) is 4.90 Å². The highest BCUT2D eigenvalue weighted by Gasteiger charge is 2.27. The van der Waals surface area contributed by atoms with E-state index in [0.717, 1.165) is 6.26 Å². The number of likely N-dealkylation sites (tertiary alicyclic amines) is 1. The molecule has 1 amide bonds. The second-order valence-electron chi connectivity index (χ2n) is 4.55. The largest absolute Gasteiger partial charge is 0.393 e. The first-order chi connectivity index (χ1) is 7.29. The average molecular weight is 249 g/mol. The molecule has 0 saturated carbocycles. The van der Waals surface area contributed by atoms with Crippen molar-refractivity contribution in [1.29, 1.82) is 0 Å². The van der Waals surface area contributed by atoms with Crippen molar-refractivity contribution in [3.8, 4) is 0 Å². The van der Waals surface area contributed by atoms with Gasteiger partial charge in [-0.25, -0.2) is 8.42 Å². The first-order valence-electron chi connectivity index (χ1n) is 5.43. The summed E-state index contributed by atoms with van der Waals surface area (Å²) in [7, 11) is -3.08. The Hall–Kier alpha value is -0.620. The Labute approximate surface area is 96.4 Å². The zero-order chi connectivity index (χ0) is 12.3. The lowest BCUT2D eigenvalue weighted by Gasteiger charge is -2.34. The van der Waals surface area contributed by atoms with Crippen molar-refractivity contribution in [2.24, 2.45) is 5.92 Å². The maximum atomic E-state index is 11.7. The van der Waals surface area contributed by atoms with Gasteiger partial charge in [0.2, 0.25) is 5.91 Å². The Morgan fingerprint density at radius 1 is 1.50 bits per heavy atom. The molecule has 1 rings (SSSR count). The van der Waals surface area contributed by atoms with Crippen LogP contribution in [0.2, 0.25) is 0 Å². The van der Waals surface area contributed by atoms with Gasteiger partial charge in [0.25, 0.3) is 0 Å². The molecule has 16 heavy (non-hydrogen) atoms. The highest BCUT2D eigenvalue weighted by Crippen LogP contribution is 2.17. The van der Waals surface area contributed by atoms with Crippen LogP contribution in [-0.4, -0.2) is 55.5 Å². The summed E-state index contributed by atoms with van der Waals surface area (Å²) in [5, 5.41) is 9.50. The molecule has 1 fully saturated rings. The molecule has 0 radical (unpaired) electrons. The Morgan fingerprint density at radius 3 is 2.62 bits per heavy atom. The van der Waals surface area contributed by atoms with E-state index >= 15 is 0 Å². The van der Waals surface area contributed by atoms with E-state index in [4.69, 9.17) is 0 Å². The summed E-state index contributed by atoms with van der Waals surface area (Å²) >= 11 is 0. The van der Waals surface area contributed by atoms with Gasteiger partial charge in [-0.3, -0.25) is 4.79 Å². The Kier molecular flexibility index (Phi) is 4.32. The van der Waals surface area contributed by atoms with Gasteiger partial charge >= 0.3 is 0 Å². The predicted molar refractivity (Wildman–Crippen MR) is 60.7 cm³/mol. The summed E-state index contributed by atoms with van der Waals surface area (Å²) in [6.45, 7) is 2.93. The van der Waals surface area contributed by atoms with Gasteiger partial charge in [0, 0.05) is 25.8 Å². The number of sulfone groups is 1. The molecular formula is C10H19NO4S. The molecular weight excluding hydrogens is 230 g/mol. The predicted octanol–water partition coefficient (Wildman–Crippen LogP) is -0.350. The van der Waals surface area contributed by atoms with E-state index in [1.807, 2.05) is 6.92 Å². The number of carbonyl (C=O) groups is 1. The number of hydrogen-bond acceptors (Lipinski definition) is 4. The van der Waals surface area contributed by atoms with Crippen LogP contribution in [0, 0.1) is 5.92 Å². The number of rotatable bonds is 3. The molecule has 1 heterocycles.